The van der Waals surface area contributed by atoms with Gasteiger partial charge in [0.15, 0.2) is 0 Å². The molecular formula is C16H26N2O2. The normalized spacial score (nSPS) is 24.7. The molecule has 1 fully saturated rings. The smallest absolute Gasteiger partial charge is 0.0981 e. The van der Waals surface area contributed by atoms with Gasteiger partial charge in [-0.2, -0.15) is 0 Å². The number of nitrogens with zero attached hydrogens (tertiary/aromatic N) is 1. The van der Waals surface area contributed by atoms with Gasteiger partial charge in [0.05, 0.1) is 19.3 Å². The Bertz CT molecular complexity index is 403. The van der Waals surface area contributed by atoms with E-state index >= 15 is 0 Å². The van der Waals surface area contributed by atoms with Gasteiger partial charge in [-0.05, 0) is 38.1 Å². The van der Waals surface area contributed by atoms with Gasteiger partial charge in [-0.3, -0.25) is 0 Å². The van der Waals surface area contributed by atoms with Gasteiger partial charge in [-0.15, -0.1) is 0 Å². The molecule has 2 N–H and O–H groups in total. The molecule has 0 bridgehead atoms. The highest BCUT2D eigenvalue weighted by Gasteiger charge is 2.25. The predicted molar refractivity (Wildman–Crippen MR) is 82.2 cm³/mol. The number of benzene rings is 1. The monoisotopic (exact) mass is 278 g/mol. The van der Waals surface area contributed by atoms with Gasteiger partial charge in [-0.25, -0.2) is 0 Å². The van der Waals surface area contributed by atoms with Crippen LogP contribution in [0.2, 0.25) is 0 Å². The van der Waals surface area contributed by atoms with Gasteiger partial charge in [0.25, 0.3) is 0 Å². The Morgan fingerprint density at radius 3 is 2.65 bits per heavy atom. The van der Waals surface area contributed by atoms with E-state index in [1.54, 1.807) is 0 Å². The van der Waals surface area contributed by atoms with Crippen molar-refractivity contribution in [2.24, 2.45) is 0 Å². The molecule has 0 amide bonds. The van der Waals surface area contributed by atoms with Gasteiger partial charge >= 0.3 is 0 Å². The minimum Gasteiger partial charge on any atom is -0.394 e. The maximum absolute atomic E-state index is 9.26. The minimum absolute atomic E-state index is 0.0772. The molecule has 1 saturated heterocycles. The lowest BCUT2D eigenvalue weighted by molar-refractivity contribution is -0.0103. The fraction of sp³-hybridized carbons (Fsp3) is 0.625. The summed E-state index contributed by atoms with van der Waals surface area (Å²) in [4.78, 5) is 2.31. The highest BCUT2D eigenvalue weighted by Crippen LogP contribution is 2.24. The molecule has 112 valence electrons. The van der Waals surface area contributed by atoms with E-state index < -0.39 is 0 Å². The second kappa shape index (κ2) is 7.07. The van der Waals surface area contributed by atoms with Crippen LogP contribution in [0.4, 0.5) is 5.69 Å². The first-order valence-corrected chi connectivity index (χ1v) is 7.45. The molecule has 20 heavy (non-hydrogen) atoms. The molecule has 0 aromatic heterocycles. The second-order valence-corrected chi connectivity index (χ2v) is 5.48. The molecule has 1 aromatic carbocycles. The summed E-state index contributed by atoms with van der Waals surface area (Å²) in [5.41, 5.74) is 2.52. The summed E-state index contributed by atoms with van der Waals surface area (Å²) < 4.78 is 5.59. The van der Waals surface area contributed by atoms with E-state index in [0.29, 0.717) is 18.7 Å². The third-order valence-electron chi connectivity index (χ3n) is 4.09. The Labute approximate surface area is 121 Å². The number of aliphatic hydroxyl groups is 1. The van der Waals surface area contributed by atoms with Gasteiger partial charge in [0, 0.05) is 24.3 Å². The lowest BCUT2D eigenvalue weighted by Gasteiger charge is -2.39. The first-order chi connectivity index (χ1) is 9.69. The van der Waals surface area contributed by atoms with Crippen LogP contribution in [0.1, 0.15) is 31.9 Å². The lowest BCUT2D eigenvalue weighted by atomic mass is 10.0. The van der Waals surface area contributed by atoms with Gasteiger partial charge in [-0.1, -0.05) is 19.1 Å². The van der Waals surface area contributed by atoms with Crippen LogP contribution in [0, 0.1) is 0 Å². The maximum atomic E-state index is 9.26. The molecule has 0 radical (unpaired) electrons. The summed E-state index contributed by atoms with van der Waals surface area (Å²) in [6, 6.07) is 9.48. The Balaban J connectivity index is 2.12. The molecule has 3 atom stereocenters. The number of anilines is 1. The van der Waals surface area contributed by atoms with Crippen LogP contribution in [0.15, 0.2) is 24.3 Å². The van der Waals surface area contributed by atoms with Crippen molar-refractivity contribution in [3.05, 3.63) is 29.8 Å². The third kappa shape index (κ3) is 3.32. The molecule has 1 heterocycles. The molecule has 4 nitrogen and oxygen atoms in total. The van der Waals surface area contributed by atoms with E-state index in [9.17, 15) is 5.11 Å². The third-order valence-corrected chi connectivity index (χ3v) is 4.09. The Morgan fingerprint density at radius 1 is 1.40 bits per heavy atom. The van der Waals surface area contributed by atoms with E-state index in [4.69, 9.17) is 4.74 Å². The zero-order valence-corrected chi connectivity index (χ0v) is 12.7. The van der Waals surface area contributed by atoms with Crippen molar-refractivity contribution in [2.45, 2.75) is 38.5 Å². The predicted octanol–water partition coefficient (Wildman–Crippen LogP) is 1.94. The SMILES string of the molecule is CCC(NC)c1ccc(N2CC(CO)OCC2C)cc1. The Hall–Kier alpha value is -1.10. The summed E-state index contributed by atoms with van der Waals surface area (Å²) in [6.45, 7) is 5.84. The number of morpholine rings is 1. The van der Waals surface area contributed by atoms with E-state index in [1.165, 1.54) is 11.3 Å². The quantitative estimate of drug-likeness (QED) is 0.864. The summed E-state index contributed by atoms with van der Waals surface area (Å²) in [5.74, 6) is 0. The fourth-order valence-electron chi connectivity index (χ4n) is 2.79. The average molecular weight is 278 g/mol. The van der Waals surface area contributed by atoms with Crippen LogP contribution in [0.3, 0.4) is 0 Å². The largest absolute Gasteiger partial charge is 0.394 e. The molecule has 0 saturated carbocycles. The highest BCUT2D eigenvalue weighted by atomic mass is 16.5. The summed E-state index contributed by atoms with van der Waals surface area (Å²) in [7, 11) is 2.00. The second-order valence-electron chi connectivity index (χ2n) is 5.48. The zero-order chi connectivity index (χ0) is 14.5. The summed E-state index contributed by atoms with van der Waals surface area (Å²) in [5, 5.41) is 12.6. The minimum atomic E-state index is -0.0772. The number of nitrogens with one attached hydrogen (secondary N) is 1. The number of hydrogen-bond acceptors (Lipinski definition) is 4. The van der Waals surface area contributed by atoms with E-state index in [2.05, 4.69) is 48.3 Å². The lowest BCUT2D eigenvalue weighted by Crippen LogP contribution is -2.49. The standard InChI is InChI=1S/C16H26N2O2/c1-4-16(17-3)13-5-7-14(8-6-13)18-9-15(10-19)20-11-12(18)2/h5-8,12,15-17,19H,4,9-11H2,1-3H3. The average Bonchev–Trinajstić information content (AvgIpc) is 2.50. The van der Waals surface area contributed by atoms with Crippen molar-refractivity contribution in [2.75, 3.05) is 31.7 Å². The molecule has 3 unspecified atom stereocenters. The first kappa shape index (κ1) is 15.3. The van der Waals surface area contributed by atoms with Crippen LogP contribution in [-0.4, -0.2) is 44.1 Å². The van der Waals surface area contributed by atoms with Crippen molar-refractivity contribution in [1.82, 2.24) is 5.32 Å². The van der Waals surface area contributed by atoms with Crippen molar-refractivity contribution in [3.8, 4) is 0 Å². The highest BCUT2D eigenvalue weighted by molar-refractivity contribution is 5.49. The maximum Gasteiger partial charge on any atom is 0.0981 e. The number of ether oxygens (including phenoxy) is 1. The van der Waals surface area contributed by atoms with E-state index in [1.807, 2.05) is 7.05 Å². The number of aliphatic hydroxyl groups excluding tert-OH is 1. The van der Waals surface area contributed by atoms with Crippen LogP contribution in [-0.2, 0) is 4.74 Å². The number of hydrogen-bond donors (Lipinski definition) is 2. The molecule has 1 aliphatic rings. The van der Waals surface area contributed by atoms with E-state index in [0.717, 1.165) is 13.0 Å². The molecule has 1 aliphatic heterocycles. The van der Waals surface area contributed by atoms with Crippen molar-refractivity contribution in [3.63, 3.8) is 0 Å². The molecule has 1 aromatic rings. The number of rotatable bonds is 5. The van der Waals surface area contributed by atoms with Crippen molar-refractivity contribution < 1.29 is 9.84 Å². The first-order valence-electron chi connectivity index (χ1n) is 7.45. The van der Waals surface area contributed by atoms with Gasteiger partial charge < -0.3 is 20.1 Å². The van der Waals surface area contributed by atoms with Crippen LogP contribution in [0.5, 0.6) is 0 Å². The summed E-state index contributed by atoms with van der Waals surface area (Å²) >= 11 is 0. The summed E-state index contributed by atoms with van der Waals surface area (Å²) in [6.07, 6.45) is 1.00. The Morgan fingerprint density at radius 2 is 2.10 bits per heavy atom. The molecule has 0 spiro atoms. The zero-order valence-electron chi connectivity index (χ0n) is 12.7. The van der Waals surface area contributed by atoms with Crippen molar-refractivity contribution >= 4 is 5.69 Å². The molecular weight excluding hydrogens is 252 g/mol. The molecule has 2 rings (SSSR count). The topological polar surface area (TPSA) is 44.7 Å². The van der Waals surface area contributed by atoms with E-state index in [-0.39, 0.29) is 12.7 Å². The van der Waals surface area contributed by atoms with Crippen LogP contribution >= 0.6 is 0 Å². The van der Waals surface area contributed by atoms with Crippen molar-refractivity contribution in [1.29, 1.82) is 0 Å². The van der Waals surface area contributed by atoms with Gasteiger partial charge in [0.2, 0.25) is 0 Å². The Kier molecular flexibility index (Phi) is 5.40. The molecule has 4 heteroatoms. The van der Waals surface area contributed by atoms with Crippen LogP contribution < -0.4 is 10.2 Å². The fourth-order valence-corrected chi connectivity index (χ4v) is 2.79. The van der Waals surface area contributed by atoms with Gasteiger partial charge in [0.1, 0.15) is 0 Å². The van der Waals surface area contributed by atoms with Crippen LogP contribution in [0.25, 0.3) is 0 Å². The molecule has 0 aliphatic carbocycles.